The number of hydrogen-bond acceptors (Lipinski definition) is 5. The Balaban J connectivity index is 2.12. The van der Waals surface area contributed by atoms with Gasteiger partial charge in [-0.2, -0.15) is 0 Å². The molecule has 6 nitrogen and oxygen atoms in total. The molecule has 0 bridgehead atoms. The molecule has 1 amide bonds. The highest BCUT2D eigenvalue weighted by atomic mass is 32.1. The fraction of sp³-hybridized carbons (Fsp3) is 0.579. The van der Waals surface area contributed by atoms with Crippen LogP contribution in [-0.2, 0) is 0 Å². The Kier molecular flexibility index (Phi) is 2.01. The van der Waals surface area contributed by atoms with Crippen LogP contribution in [0.1, 0.15) is 79.0 Å². The van der Waals surface area contributed by atoms with Gasteiger partial charge in [-0.1, -0.05) is 6.37 Å². The molecule has 142 valence electrons. The van der Waals surface area contributed by atoms with Crippen molar-refractivity contribution in [3.63, 3.8) is 0 Å². The van der Waals surface area contributed by atoms with Crippen molar-refractivity contribution in [2.75, 3.05) is 26.0 Å². The second-order valence-corrected chi connectivity index (χ2v) is 5.88. The number of aromatic hydroxyl groups is 1. The maximum absolute atomic E-state index is 13.6. The van der Waals surface area contributed by atoms with Crippen LogP contribution in [0, 0.1) is 0 Å². The van der Waals surface area contributed by atoms with Crippen LogP contribution >= 0.6 is 11.3 Å². The predicted octanol–water partition coefficient (Wildman–Crippen LogP) is 2.96. The van der Waals surface area contributed by atoms with Crippen LogP contribution in [0.4, 0.5) is 0 Å². The monoisotopic (exact) mass is 396 g/mol. The summed E-state index contributed by atoms with van der Waals surface area (Å²) in [4.78, 5) is 26.2. The third kappa shape index (κ3) is 3.78. The molecule has 0 saturated carbocycles. The van der Waals surface area contributed by atoms with Gasteiger partial charge in [0.15, 0.2) is 1.41 Å². The number of fused-ring (bicyclic) bond motifs is 1. The Hall–Kier alpha value is -1.86. The Morgan fingerprint density at radius 1 is 1.65 bits per heavy atom. The van der Waals surface area contributed by atoms with E-state index in [0.717, 1.165) is 12.3 Å². The van der Waals surface area contributed by atoms with Gasteiger partial charge in [0.05, 0.1) is 8.13 Å². The first-order valence-electron chi connectivity index (χ1n) is 16.7. The van der Waals surface area contributed by atoms with Crippen molar-refractivity contribution >= 4 is 27.5 Å². The summed E-state index contributed by atoms with van der Waals surface area (Å²) in [5.41, 5.74) is -2.70. The molecule has 0 radical (unpaired) electrons. The van der Waals surface area contributed by atoms with Crippen LogP contribution in [0.2, 0.25) is 1.41 Å². The van der Waals surface area contributed by atoms with E-state index in [2.05, 4.69) is 5.11 Å². The average molecular weight is 397 g/mol. The van der Waals surface area contributed by atoms with Gasteiger partial charge in [0.2, 0.25) is 0 Å². The van der Waals surface area contributed by atoms with E-state index in [0.29, 0.717) is 15.9 Å². The zero-order valence-corrected chi connectivity index (χ0v) is 14.3. The normalized spacial score (nSPS) is 39.2. The summed E-state index contributed by atoms with van der Waals surface area (Å²) in [7, 11) is 0. The SMILES string of the molecule is [2H]Oc1c(C(=O)N([2H])CCC([2H])([2H])N2C([2H])([2H])C([2H])([2H])C([2H])([2H])C([2H])([2H])C2([2H])[2H])c(=O)n(C([2H])(C)C([2H])([2H])[2H])c2scc([2H])c12. The van der Waals surface area contributed by atoms with Crippen LogP contribution in [0.5, 0.6) is 5.75 Å². The molecule has 2 aromatic heterocycles. The third-order valence-electron chi connectivity index (χ3n) is 3.31. The number of likely N-dealkylation sites (tertiary alicyclic amines) is 1. The molecular weight excluding hydrogens is 350 g/mol. The highest BCUT2D eigenvalue weighted by Gasteiger charge is 2.23. The van der Waals surface area contributed by atoms with E-state index in [1.54, 1.807) is 0 Å². The number of rotatable bonds is 7. The number of thiophene rings is 1. The minimum absolute atomic E-state index is 0.114. The predicted molar refractivity (Wildman–Crippen MR) is 105 cm³/mol. The van der Waals surface area contributed by atoms with Gasteiger partial charge in [-0.05, 0) is 63.9 Å². The zero-order valence-electron chi connectivity index (χ0n) is 32.5. The highest BCUT2D eigenvalue weighted by molar-refractivity contribution is 7.16. The molecule has 1 unspecified atom stereocenters. The lowest BCUT2D eigenvalue weighted by Crippen LogP contribution is -2.36. The van der Waals surface area contributed by atoms with Crippen molar-refractivity contribution in [3.05, 3.63) is 27.3 Å². The largest absolute Gasteiger partial charge is 0.506 e. The molecule has 1 saturated heterocycles. The number of carbonyl (C=O) groups is 1. The first-order chi connectivity index (χ1) is 19.9. The number of piperidine rings is 1. The summed E-state index contributed by atoms with van der Waals surface area (Å²) in [5, 5.41) is 5.03. The summed E-state index contributed by atoms with van der Waals surface area (Å²) in [6.07, 6.45) is -12.8. The summed E-state index contributed by atoms with van der Waals surface area (Å²) in [6.45, 7) is -14.6. The van der Waals surface area contributed by atoms with E-state index < -0.39 is 104 Å². The van der Waals surface area contributed by atoms with Gasteiger partial charge < -0.3 is 15.3 Å². The van der Waals surface area contributed by atoms with Crippen molar-refractivity contribution in [2.24, 2.45) is 0 Å². The molecule has 1 fully saturated rings. The number of hydrogen-bond donors (Lipinski definition) is 2. The van der Waals surface area contributed by atoms with E-state index in [1.807, 2.05) is 0 Å². The molecule has 1 aliphatic heterocycles. The molecule has 26 heavy (non-hydrogen) atoms. The summed E-state index contributed by atoms with van der Waals surface area (Å²) >= 11 is 0.641. The van der Waals surface area contributed by atoms with Crippen molar-refractivity contribution in [2.45, 2.75) is 45.3 Å². The Morgan fingerprint density at radius 3 is 3.19 bits per heavy atom. The van der Waals surface area contributed by atoms with Gasteiger partial charge in [-0.15, -0.1) is 11.3 Å². The van der Waals surface area contributed by atoms with Gasteiger partial charge >= 0.3 is 0 Å². The van der Waals surface area contributed by atoms with E-state index in [4.69, 9.17) is 26.1 Å². The number of aromatic nitrogens is 1. The molecular formula is C19H27N3O3S. The highest BCUT2D eigenvalue weighted by Crippen LogP contribution is 2.31. The first-order valence-corrected chi connectivity index (χ1v) is 8.21. The first kappa shape index (κ1) is 6.34. The average Bonchev–Trinajstić information content (AvgIpc) is 3.24. The van der Waals surface area contributed by atoms with Crippen molar-refractivity contribution in [1.82, 2.24) is 14.8 Å². The Bertz CT molecular complexity index is 1530. The van der Waals surface area contributed by atoms with Crippen LogP contribution in [-0.4, -0.2) is 47.9 Å². The second kappa shape index (κ2) is 8.22. The smallest absolute Gasteiger partial charge is 0.293 e. The van der Waals surface area contributed by atoms with Gasteiger partial charge in [0, 0.05) is 33.1 Å². The molecule has 2 aromatic rings. The fourth-order valence-electron chi connectivity index (χ4n) is 2.22. The van der Waals surface area contributed by atoms with Crippen LogP contribution in [0.25, 0.3) is 10.2 Å². The molecule has 3 heterocycles. The third-order valence-corrected chi connectivity index (χ3v) is 4.15. The minimum atomic E-state index is -3.85. The number of carbonyl (C=O) groups excluding carboxylic acids is 1. The maximum Gasteiger partial charge on any atom is 0.293 e. The quantitative estimate of drug-likeness (QED) is 0.754. The van der Waals surface area contributed by atoms with E-state index in [1.165, 1.54) is 0 Å². The number of amides is 1. The molecule has 0 aliphatic carbocycles. The van der Waals surface area contributed by atoms with Gasteiger partial charge in [0.1, 0.15) is 16.1 Å². The fourth-order valence-corrected chi connectivity index (χ4v) is 3.10. The molecule has 0 aromatic carbocycles. The van der Waals surface area contributed by atoms with Crippen LogP contribution < -0.4 is 10.9 Å². The second-order valence-electron chi connectivity index (χ2n) is 5.02. The van der Waals surface area contributed by atoms with Crippen molar-refractivity contribution < 1.29 is 34.6 Å². The number of nitrogens with one attached hydrogen (secondary N) is 1. The lowest BCUT2D eigenvalue weighted by molar-refractivity contribution is 0.0946. The van der Waals surface area contributed by atoms with Gasteiger partial charge in [0.25, 0.3) is 12.9 Å². The maximum atomic E-state index is 13.6. The lowest BCUT2D eigenvalue weighted by Gasteiger charge is -2.26. The molecule has 0 spiro atoms. The molecule has 3 rings (SSSR count). The molecule has 1 aliphatic rings. The molecule has 1 atom stereocenters. The van der Waals surface area contributed by atoms with Gasteiger partial charge in [-0.3, -0.25) is 14.2 Å². The summed E-state index contributed by atoms with van der Waals surface area (Å²) < 4.78 is 153. The summed E-state index contributed by atoms with van der Waals surface area (Å²) in [5.74, 6) is -2.54. The number of pyridine rings is 1. The molecule has 7 heteroatoms. The zero-order chi connectivity index (χ0) is 35.3. The standard InChI is InChI=1S/C19H27N3O3S/c1-13(2)22-18(25)15(16(23)14-7-12-26-19(14)22)17(24)20-8-6-11-21-9-4-3-5-10-21/h7,12-13,23H,3-6,8-11H2,1-2H3,(H,20,24)/i1D3,3D2,4D2,5D2,7D,9D2,10D2,11D2,13D/hD2. The van der Waals surface area contributed by atoms with E-state index in [-0.39, 0.29) is 10.1 Å². The lowest BCUT2D eigenvalue weighted by atomic mass is 10.1. The van der Waals surface area contributed by atoms with E-state index in [9.17, 15) is 9.59 Å². The van der Waals surface area contributed by atoms with Crippen LogP contribution in [0.3, 0.4) is 0 Å². The van der Waals surface area contributed by atoms with Crippen molar-refractivity contribution in [3.8, 4) is 5.75 Å². The Labute approximate surface area is 184 Å². The number of nitrogens with zero attached hydrogens (tertiary/aromatic N) is 2. The minimum Gasteiger partial charge on any atom is -0.506 e. The summed E-state index contributed by atoms with van der Waals surface area (Å²) in [6, 6.07) is -3.19. The van der Waals surface area contributed by atoms with Gasteiger partial charge in [-0.25, -0.2) is 0 Å². The van der Waals surface area contributed by atoms with E-state index >= 15 is 0 Å². The molecule has 2 N–H and O–H groups in total. The van der Waals surface area contributed by atoms with Crippen molar-refractivity contribution in [1.29, 1.82) is 1.43 Å². The topological polar surface area (TPSA) is 74.6 Å². The Morgan fingerprint density at radius 2 is 2.46 bits per heavy atom. The van der Waals surface area contributed by atoms with Crippen LogP contribution in [0.15, 0.2) is 16.2 Å².